The Kier molecular flexibility index (Phi) is 3.34. The van der Waals surface area contributed by atoms with Crippen LogP contribution in [-0.4, -0.2) is 20.9 Å². The Morgan fingerprint density at radius 3 is 2.78 bits per heavy atom. The predicted molar refractivity (Wildman–Crippen MR) is 65.3 cm³/mol. The number of rotatable bonds is 3. The zero-order valence-corrected chi connectivity index (χ0v) is 10.3. The van der Waals surface area contributed by atoms with Crippen LogP contribution in [0.15, 0.2) is 24.4 Å². The summed E-state index contributed by atoms with van der Waals surface area (Å²) in [4.78, 5) is 11.1. The minimum Gasteiger partial charge on any atom is -0.478 e. The van der Waals surface area contributed by atoms with Gasteiger partial charge in [0.25, 0.3) is 0 Å². The minimum atomic E-state index is -1.16. The number of aromatic nitrogens is 2. The summed E-state index contributed by atoms with van der Waals surface area (Å²) >= 11 is 5.74. The van der Waals surface area contributed by atoms with Crippen LogP contribution in [0.3, 0.4) is 0 Å². The summed E-state index contributed by atoms with van der Waals surface area (Å²) in [7, 11) is 0. The highest BCUT2D eigenvalue weighted by molar-refractivity contribution is 6.31. The van der Waals surface area contributed by atoms with Crippen molar-refractivity contribution in [1.82, 2.24) is 9.78 Å². The van der Waals surface area contributed by atoms with E-state index in [0.29, 0.717) is 11.6 Å². The van der Waals surface area contributed by atoms with Gasteiger partial charge in [-0.3, -0.25) is 0 Å². The molecule has 18 heavy (non-hydrogen) atoms. The van der Waals surface area contributed by atoms with Crippen molar-refractivity contribution in [1.29, 1.82) is 0 Å². The number of aromatic carboxylic acids is 1. The molecule has 0 spiro atoms. The summed E-state index contributed by atoms with van der Waals surface area (Å²) in [5.41, 5.74) is 0.382. The first-order chi connectivity index (χ1) is 8.54. The molecule has 0 atom stereocenters. The lowest BCUT2D eigenvalue weighted by Crippen LogP contribution is -2.02. The summed E-state index contributed by atoms with van der Waals surface area (Å²) in [6.07, 6.45) is 1.31. The third kappa shape index (κ3) is 2.09. The Bertz CT molecular complexity index is 610. The molecule has 0 saturated heterocycles. The molecule has 0 aliphatic rings. The molecule has 94 valence electrons. The molecular weight excluding hydrogens is 259 g/mol. The average molecular weight is 269 g/mol. The second kappa shape index (κ2) is 4.78. The number of carboxylic acid groups (broad SMARTS) is 1. The Labute approximate surface area is 108 Å². The van der Waals surface area contributed by atoms with Crippen molar-refractivity contribution in [3.63, 3.8) is 0 Å². The van der Waals surface area contributed by atoms with Crippen molar-refractivity contribution >= 4 is 17.6 Å². The standard InChI is InChI=1S/C12H10ClFN2O2/c1-2-16-11(14)10(6-15-16)8-4-3-7(13)5-9(8)12(17)18/h3-6H,2H2,1H3,(H,17,18). The van der Waals surface area contributed by atoms with Gasteiger partial charge in [0.15, 0.2) is 0 Å². The first-order valence-corrected chi connectivity index (χ1v) is 5.67. The molecule has 2 rings (SSSR count). The summed E-state index contributed by atoms with van der Waals surface area (Å²) in [5, 5.41) is 13.2. The van der Waals surface area contributed by atoms with Gasteiger partial charge in [0, 0.05) is 17.1 Å². The van der Waals surface area contributed by atoms with Crippen LogP contribution in [0.2, 0.25) is 5.02 Å². The van der Waals surface area contributed by atoms with E-state index in [0.717, 1.165) is 4.68 Å². The highest BCUT2D eigenvalue weighted by atomic mass is 35.5. The maximum atomic E-state index is 13.9. The summed E-state index contributed by atoms with van der Waals surface area (Å²) in [6.45, 7) is 2.13. The second-order valence-electron chi connectivity index (χ2n) is 3.66. The first-order valence-electron chi connectivity index (χ1n) is 5.29. The molecule has 1 N–H and O–H groups in total. The number of hydrogen-bond acceptors (Lipinski definition) is 2. The second-order valence-corrected chi connectivity index (χ2v) is 4.10. The van der Waals surface area contributed by atoms with Crippen molar-refractivity contribution < 1.29 is 14.3 Å². The first kappa shape index (κ1) is 12.6. The largest absolute Gasteiger partial charge is 0.478 e. The lowest BCUT2D eigenvalue weighted by molar-refractivity contribution is 0.0697. The zero-order valence-electron chi connectivity index (χ0n) is 9.52. The van der Waals surface area contributed by atoms with Crippen molar-refractivity contribution in [3.05, 3.63) is 40.9 Å². The van der Waals surface area contributed by atoms with E-state index in [1.165, 1.54) is 24.4 Å². The van der Waals surface area contributed by atoms with E-state index in [1.807, 2.05) is 0 Å². The van der Waals surface area contributed by atoms with Gasteiger partial charge in [0.1, 0.15) is 0 Å². The van der Waals surface area contributed by atoms with Gasteiger partial charge in [-0.25, -0.2) is 9.48 Å². The molecule has 0 aliphatic heterocycles. The van der Waals surface area contributed by atoms with Gasteiger partial charge in [-0.2, -0.15) is 9.49 Å². The van der Waals surface area contributed by atoms with E-state index in [2.05, 4.69) is 5.10 Å². The number of carboxylic acids is 1. The summed E-state index contributed by atoms with van der Waals surface area (Å²) < 4.78 is 15.1. The fourth-order valence-corrected chi connectivity index (χ4v) is 1.87. The Balaban J connectivity index is 2.63. The monoisotopic (exact) mass is 268 g/mol. The molecular formula is C12H10ClFN2O2. The molecule has 1 aromatic carbocycles. The molecule has 0 unspecified atom stereocenters. The number of hydrogen-bond donors (Lipinski definition) is 1. The quantitative estimate of drug-likeness (QED) is 0.931. The van der Waals surface area contributed by atoms with Crippen LogP contribution in [0.4, 0.5) is 4.39 Å². The van der Waals surface area contributed by atoms with Gasteiger partial charge < -0.3 is 5.11 Å². The zero-order chi connectivity index (χ0) is 13.3. The molecule has 0 radical (unpaired) electrons. The maximum absolute atomic E-state index is 13.9. The van der Waals surface area contributed by atoms with Gasteiger partial charge in [-0.15, -0.1) is 0 Å². The topological polar surface area (TPSA) is 55.1 Å². The summed E-state index contributed by atoms with van der Waals surface area (Å²) in [5.74, 6) is -1.71. The normalized spacial score (nSPS) is 10.6. The van der Waals surface area contributed by atoms with Crippen LogP contribution in [0, 0.1) is 5.95 Å². The van der Waals surface area contributed by atoms with Crippen molar-refractivity contribution in [2.75, 3.05) is 0 Å². The predicted octanol–water partition coefficient (Wildman–Crippen LogP) is 3.06. The molecule has 0 saturated carbocycles. The maximum Gasteiger partial charge on any atom is 0.336 e. The van der Waals surface area contributed by atoms with Crippen LogP contribution < -0.4 is 0 Å². The fourth-order valence-electron chi connectivity index (χ4n) is 1.70. The fraction of sp³-hybridized carbons (Fsp3) is 0.167. The van der Waals surface area contributed by atoms with E-state index < -0.39 is 11.9 Å². The van der Waals surface area contributed by atoms with Gasteiger partial charge in [-0.1, -0.05) is 17.7 Å². The van der Waals surface area contributed by atoms with Crippen LogP contribution >= 0.6 is 11.6 Å². The summed E-state index contributed by atoms with van der Waals surface area (Å²) in [6, 6.07) is 4.29. The number of benzene rings is 1. The van der Waals surface area contributed by atoms with Crippen molar-refractivity contribution in [2.45, 2.75) is 13.5 Å². The Morgan fingerprint density at radius 2 is 2.22 bits per heavy atom. The highest BCUT2D eigenvalue weighted by Crippen LogP contribution is 2.28. The van der Waals surface area contributed by atoms with Gasteiger partial charge in [-0.05, 0) is 19.1 Å². The molecule has 2 aromatic rings. The van der Waals surface area contributed by atoms with Crippen LogP contribution in [0.5, 0.6) is 0 Å². The molecule has 0 fully saturated rings. The number of halogens is 2. The van der Waals surface area contributed by atoms with E-state index in [-0.39, 0.29) is 16.7 Å². The average Bonchev–Trinajstić information content (AvgIpc) is 2.70. The number of carbonyl (C=O) groups is 1. The molecule has 1 aromatic heterocycles. The van der Waals surface area contributed by atoms with E-state index in [9.17, 15) is 9.18 Å². The molecule has 6 heteroatoms. The SMILES string of the molecule is CCn1ncc(-c2ccc(Cl)cc2C(=O)O)c1F. The van der Waals surface area contributed by atoms with Gasteiger partial charge in [0.2, 0.25) is 5.95 Å². The minimum absolute atomic E-state index is 0.0444. The lowest BCUT2D eigenvalue weighted by Gasteiger charge is -2.05. The number of nitrogens with zero attached hydrogens (tertiary/aromatic N) is 2. The van der Waals surface area contributed by atoms with Crippen molar-refractivity contribution in [3.8, 4) is 11.1 Å². The lowest BCUT2D eigenvalue weighted by atomic mass is 10.0. The van der Waals surface area contributed by atoms with E-state index in [4.69, 9.17) is 16.7 Å². The van der Waals surface area contributed by atoms with Gasteiger partial charge >= 0.3 is 5.97 Å². The highest BCUT2D eigenvalue weighted by Gasteiger charge is 2.18. The Morgan fingerprint density at radius 1 is 1.50 bits per heavy atom. The Hall–Kier alpha value is -1.88. The van der Waals surface area contributed by atoms with E-state index >= 15 is 0 Å². The van der Waals surface area contributed by atoms with Crippen LogP contribution in [0.25, 0.3) is 11.1 Å². The number of aryl methyl sites for hydroxylation is 1. The third-order valence-corrected chi connectivity index (χ3v) is 2.81. The molecule has 0 aliphatic carbocycles. The van der Waals surface area contributed by atoms with Crippen molar-refractivity contribution in [2.24, 2.45) is 0 Å². The smallest absolute Gasteiger partial charge is 0.336 e. The van der Waals surface area contributed by atoms with Gasteiger partial charge in [0.05, 0.1) is 17.3 Å². The molecule has 0 amide bonds. The molecule has 0 bridgehead atoms. The molecule has 1 heterocycles. The molecule has 4 nitrogen and oxygen atoms in total. The third-order valence-electron chi connectivity index (χ3n) is 2.58. The van der Waals surface area contributed by atoms with Crippen LogP contribution in [0.1, 0.15) is 17.3 Å². The van der Waals surface area contributed by atoms with Crippen LogP contribution in [-0.2, 0) is 6.54 Å². The van der Waals surface area contributed by atoms with E-state index in [1.54, 1.807) is 6.92 Å².